The van der Waals surface area contributed by atoms with E-state index in [4.69, 9.17) is 9.05 Å². The minimum Gasteiger partial charge on any atom is -0.756 e. The maximum Gasteiger partial charge on any atom is 0.268 e. The van der Waals surface area contributed by atoms with Crippen LogP contribution < -0.4 is 10.2 Å². The van der Waals surface area contributed by atoms with Gasteiger partial charge in [-0.1, -0.05) is 129 Å². The molecule has 1 amide bonds. The lowest BCUT2D eigenvalue weighted by Crippen LogP contribution is -2.46. The third kappa shape index (κ3) is 28.1. The zero-order valence-corrected chi connectivity index (χ0v) is 28.4. The first-order chi connectivity index (χ1) is 19.5. The standard InChI is InChI=1S/C32H67N2O6P/c1-6-8-10-12-13-14-15-16-17-18-19-20-21-22-24-26-32(36)33-30(31(35)25-23-11-9-7-2)29-40-41(37,38)39-28-27-34(3,4)5/h30-31,35H,6-29H2,1-5H3,(H-,33,36,37,38). The van der Waals surface area contributed by atoms with Crippen molar-refractivity contribution < 1.29 is 32.9 Å². The molecule has 0 fully saturated rings. The van der Waals surface area contributed by atoms with Crippen LogP contribution in [0.15, 0.2) is 0 Å². The van der Waals surface area contributed by atoms with Crippen molar-refractivity contribution in [3.8, 4) is 0 Å². The summed E-state index contributed by atoms with van der Waals surface area (Å²) >= 11 is 0. The van der Waals surface area contributed by atoms with Crippen molar-refractivity contribution in [3.63, 3.8) is 0 Å². The summed E-state index contributed by atoms with van der Waals surface area (Å²) in [5, 5.41) is 13.5. The Morgan fingerprint density at radius 3 is 1.66 bits per heavy atom. The Labute approximate surface area is 253 Å². The van der Waals surface area contributed by atoms with Gasteiger partial charge in [-0.2, -0.15) is 0 Å². The summed E-state index contributed by atoms with van der Waals surface area (Å²) in [6.45, 7) is 4.58. The Kier molecular flexibility index (Phi) is 25.6. The zero-order chi connectivity index (χ0) is 30.8. The summed E-state index contributed by atoms with van der Waals surface area (Å²) in [5.41, 5.74) is 0. The number of phosphoric ester groups is 1. The van der Waals surface area contributed by atoms with Crippen molar-refractivity contribution in [3.05, 3.63) is 0 Å². The van der Waals surface area contributed by atoms with Crippen molar-refractivity contribution >= 4 is 13.7 Å². The van der Waals surface area contributed by atoms with Crippen LogP contribution in [0.25, 0.3) is 0 Å². The fraction of sp³-hybridized carbons (Fsp3) is 0.969. The molecule has 0 heterocycles. The number of rotatable bonds is 30. The van der Waals surface area contributed by atoms with Crippen LogP contribution in [0.2, 0.25) is 0 Å². The second kappa shape index (κ2) is 25.9. The van der Waals surface area contributed by atoms with E-state index in [1.165, 1.54) is 77.0 Å². The smallest absolute Gasteiger partial charge is 0.268 e. The summed E-state index contributed by atoms with van der Waals surface area (Å²) < 4.78 is 22.9. The summed E-state index contributed by atoms with van der Waals surface area (Å²) in [7, 11) is 1.30. The highest BCUT2D eigenvalue weighted by Crippen LogP contribution is 2.38. The van der Waals surface area contributed by atoms with Gasteiger partial charge in [0.2, 0.25) is 5.91 Å². The van der Waals surface area contributed by atoms with Gasteiger partial charge < -0.3 is 28.8 Å². The van der Waals surface area contributed by atoms with E-state index in [9.17, 15) is 19.4 Å². The van der Waals surface area contributed by atoms with Gasteiger partial charge >= 0.3 is 0 Å². The Morgan fingerprint density at radius 1 is 0.756 bits per heavy atom. The molecule has 0 spiro atoms. The maximum absolute atomic E-state index is 12.6. The fourth-order valence-corrected chi connectivity index (χ4v) is 5.52. The summed E-state index contributed by atoms with van der Waals surface area (Å²) in [5.74, 6) is -0.174. The van der Waals surface area contributed by atoms with Gasteiger partial charge in [0.05, 0.1) is 39.9 Å². The van der Waals surface area contributed by atoms with Crippen molar-refractivity contribution in [2.45, 2.75) is 161 Å². The van der Waals surface area contributed by atoms with Crippen LogP contribution in [0.1, 0.15) is 149 Å². The van der Waals surface area contributed by atoms with E-state index in [1.807, 2.05) is 21.1 Å². The summed E-state index contributed by atoms with van der Waals surface area (Å²) in [6, 6.07) is -0.787. The number of quaternary nitrogens is 1. The van der Waals surface area contributed by atoms with E-state index in [-0.39, 0.29) is 19.1 Å². The van der Waals surface area contributed by atoms with Crippen LogP contribution in [0, 0.1) is 0 Å². The lowest BCUT2D eigenvalue weighted by molar-refractivity contribution is -0.870. The summed E-state index contributed by atoms with van der Waals surface area (Å²) in [6.07, 6.45) is 23.0. The summed E-state index contributed by atoms with van der Waals surface area (Å²) in [4.78, 5) is 24.9. The molecule has 0 saturated carbocycles. The molecule has 2 N–H and O–H groups in total. The molecule has 0 aliphatic heterocycles. The van der Waals surface area contributed by atoms with Crippen LogP contribution >= 0.6 is 7.82 Å². The normalized spacial score (nSPS) is 15.0. The number of likely N-dealkylation sites (N-methyl/N-ethyl adjacent to an activating group) is 1. The van der Waals surface area contributed by atoms with Crippen LogP contribution in [-0.4, -0.2) is 68.5 Å². The van der Waals surface area contributed by atoms with E-state index in [0.717, 1.165) is 44.9 Å². The minimum absolute atomic E-state index is 0.0140. The highest BCUT2D eigenvalue weighted by molar-refractivity contribution is 7.45. The van der Waals surface area contributed by atoms with Crippen molar-refractivity contribution in [2.75, 3.05) is 40.9 Å². The number of hydrogen-bond acceptors (Lipinski definition) is 6. The second-order valence-electron chi connectivity index (χ2n) is 12.9. The molecule has 0 aromatic rings. The molecule has 0 aromatic carbocycles. The molecular weight excluding hydrogens is 539 g/mol. The minimum atomic E-state index is -4.53. The third-order valence-corrected chi connectivity index (χ3v) is 8.56. The first kappa shape index (κ1) is 40.5. The number of nitrogens with one attached hydrogen (secondary N) is 1. The van der Waals surface area contributed by atoms with Crippen molar-refractivity contribution in [1.82, 2.24) is 5.32 Å². The number of unbranched alkanes of at least 4 members (excludes halogenated alkanes) is 17. The molecule has 0 aromatic heterocycles. The zero-order valence-electron chi connectivity index (χ0n) is 27.5. The SMILES string of the molecule is CCCCCCCCCCCCCCCCCC(=O)NC(COP(=O)([O-])OCC[N+](C)(C)C)C(O)CCCCCC. The third-order valence-electron chi connectivity index (χ3n) is 7.60. The maximum atomic E-state index is 12.6. The molecular formula is C32H67N2O6P. The van der Waals surface area contributed by atoms with Gasteiger partial charge in [0.25, 0.3) is 7.82 Å². The highest BCUT2D eigenvalue weighted by Gasteiger charge is 2.24. The van der Waals surface area contributed by atoms with Crippen LogP contribution in [0.5, 0.6) is 0 Å². The topological polar surface area (TPSA) is 108 Å². The Hall–Kier alpha value is -0.500. The van der Waals surface area contributed by atoms with Crippen LogP contribution in [0.3, 0.4) is 0 Å². The Morgan fingerprint density at radius 2 is 1.20 bits per heavy atom. The van der Waals surface area contributed by atoms with Crippen LogP contribution in [0.4, 0.5) is 0 Å². The molecule has 8 nitrogen and oxygen atoms in total. The molecule has 246 valence electrons. The van der Waals surface area contributed by atoms with Gasteiger partial charge in [0, 0.05) is 6.42 Å². The lowest BCUT2D eigenvalue weighted by Gasteiger charge is -2.30. The van der Waals surface area contributed by atoms with E-state index in [2.05, 4.69) is 19.2 Å². The van der Waals surface area contributed by atoms with Gasteiger partial charge in [0.1, 0.15) is 13.2 Å². The molecule has 0 aliphatic rings. The molecule has 9 heteroatoms. The molecule has 3 unspecified atom stereocenters. The highest BCUT2D eigenvalue weighted by atomic mass is 31.2. The first-order valence-corrected chi connectivity index (χ1v) is 18.3. The number of nitrogens with zero attached hydrogens (tertiary/aromatic N) is 1. The average Bonchev–Trinajstić information content (AvgIpc) is 2.90. The quantitative estimate of drug-likeness (QED) is 0.0506. The number of amides is 1. The monoisotopic (exact) mass is 606 g/mol. The second-order valence-corrected chi connectivity index (χ2v) is 14.3. The van der Waals surface area contributed by atoms with Gasteiger partial charge in [-0.05, 0) is 12.8 Å². The first-order valence-electron chi connectivity index (χ1n) is 16.9. The molecule has 41 heavy (non-hydrogen) atoms. The number of carbonyl (C=O) groups is 1. The predicted molar refractivity (Wildman–Crippen MR) is 169 cm³/mol. The van der Waals surface area contributed by atoms with E-state index in [1.54, 1.807) is 0 Å². The number of phosphoric acid groups is 1. The predicted octanol–water partition coefficient (Wildman–Crippen LogP) is 7.27. The van der Waals surface area contributed by atoms with Gasteiger partial charge in [0.15, 0.2) is 0 Å². The van der Waals surface area contributed by atoms with Gasteiger partial charge in [-0.15, -0.1) is 0 Å². The number of aliphatic hydroxyl groups excluding tert-OH is 1. The molecule has 0 radical (unpaired) electrons. The Balaban J connectivity index is 4.24. The molecule has 3 atom stereocenters. The largest absolute Gasteiger partial charge is 0.756 e. The molecule has 0 rings (SSSR count). The van der Waals surface area contributed by atoms with Crippen molar-refractivity contribution in [1.29, 1.82) is 0 Å². The molecule has 0 aliphatic carbocycles. The fourth-order valence-electron chi connectivity index (χ4n) is 4.80. The van der Waals surface area contributed by atoms with Gasteiger partial charge in [-0.25, -0.2) is 0 Å². The average molecular weight is 607 g/mol. The molecule has 0 bridgehead atoms. The van der Waals surface area contributed by atoms with E-state index < -0.39 is 20.0 Å². The number of carbonyl (C=O) groups excluding carboxylic acids is 1. The lowest BCUT2D eigenvalue weighted by atomic mass is 10.0. The number of hydrogen-bond donors (Lipinski definition) is 2. The van der Waals surface area contributed by atoms with E-state index in [0.29, 0.717) is 23.9 Å². The van der Waals surface area contributed by atoms with Crippen molar-refractivity contribution in [2.24, 2.45) is 0 Å². The van der Waals surface area contributed by atoms with E-state index >= 15 is 0 Å². The number of aliphatic hydroxyl groups is 1. The Bertz CT molecular complexity index is 659. The van der Waals surface area contributed by atoms with Gasteiger partial charge in [-0.3, -0.25) is 9.36 Å². The molecule has 0 saturated heterocycles. The van der Waals surface area contributed by atoms with Crippen LogP contribution in [-0.2, 0) is 18.4 Å².